The second-order valence-corrected chi connectivity index (χ2v) is 3.89. The zero-order valence-electron chi connectivity index (χ0n) is 9.90. The van der Waals surface area contributed by atoms with Gasteiger partial charge in [-0.1, -0.05) is 45.2 Å². The SMILES string of the molecule is C=C/C=C\c1nc(N)c(C(C)C)cc1C=C. The highest BCUT2D eigenvalue weighted by molar-refractivity contribution is 5.65. The predicted molar refractivity (Wildman–Crippen MR) is 72.1 cm³/mol. The van der Waals surface area contributed by atoms with Crippen molar-refractivity contribution in [3.63, 3.8) is 0 Å². The Labute approximate surface area is 97.2 Å². The third-order valence-electron chi connectivity index (χ3n) is 2.38. The van der Waals surface area contributed by atoms with Crippen LogP contribution in [0.5, 0.6) is 0 Å². The minimum atomic E-state index is 0.364. The maximum atomic E-state index is 5.91. The number of hydrogen-bond donors (Lipinski definition) is 1. The monoisotopic (exact) mass is 214 g/mol. The molecule has 0 amide bonds. The molecule has 0 saturated heterocycles. The Morgan fingerprint density at radius 1 is 1.38 bits per heavy atom. The standard InChI is InChI=1S/C14H18N2/c1-5-7-8-13-11(6-2)9-12(10(3)4)14(15)16-13/h5-10H,1-2H2,3-4H3,(H2,15,16)/b8-7-. The first kappa shape index (κ1) is 12.2. The fraction of sp³-hybridized carbons (Fsp3) is 0.214. The van der Waals surface area contributed by atoms with Gasteiger partial charge in [-0.05, 0) is 23.6 Å². The van der Waals surface area contributed by atoms with E-state index < -0.39 is 0 Å². The summed E-state index contributed by atoms with van der Waals surface area (Å²) in [6, 6.07) is 2.04. The van der Waals surface area contributed by atoms with Crippen LogP contribution in [0, 0.1) is 0 Å². The van der Waals surface area contributed by atoms with Crippen molar-refractivity contribution >= 4 is 18.0 Å². The fourth-order valence-corrected chi connectivity index (χ4v) is 1.49. The average Bonchev–Trinajstić information content (AvgIpc) is 2.25. The number of aromatic nitrogens is 1. The molecule has 1 aromatic heterocycles. The molecule has 0 aromatic carbocycles. The fourth-order valence-electron chi connectivity index (χ4n) is 1.49. The van der Waals surface area contributed by atoms with Crippen molar-refractivity contribution in [1.29, 1.82) is 0 Å². The average molecular weight is 214 g/mol. The van der Waals surface area contributed by atoms with E-state index in [1.807, 2.05) is 18.2 Å². The summed E-state index contributed by atoms with van der Waals surface area (Å²) in [7, 11) is 0. The van der Waals surface area contributed by atoms with Crippen LogP contribution < -0.4 is 5.73 Å². The van der Waals surface area contributed by atoms with Gasteiger partial charge in [0.2, 0.25) is 0 Å². The van der Waals surface area contributed by atoms with E-state index in [1.54, 1.807) is 12.2 Å². The summed E-state index contributed by atoms with van der Waals surface area (Å²) in [4.78, 5) is 4.37. The maximum absolute atomic E-state index is 5.91. The lowest BCUT2D eigenvalue weighted by molar-refractivity contribution is 0.861. The molecular formula is C14H18N2. The van der Waals surface area contributed by atoms with Gasteiger partial charge in [0.1, 0.15) is 5.82 Å². The van der Waals surface area contributed by atoms with E-state index in [0.29, 0.717) is 11.7 Å². The van der Waals surface area contributed by atoms with E-state index in [4.69, 9.17) is 5.73 Å². The molecule has 0 fully saturated rings. The molecule has 16 heavy (non-hydrogen) atoms. The highest BCUT2D eigenvalue weighted by atomic mass is 14.8. The van der Waals surface area contributed by atoms with Gasteiger partial charge in [0, 0.05) is 5.56 Å². The minimum Gasteiger partial charge on any atom is -0.383 e. The number of hydrogen-bond acceptors (Lipinski definition) is 2. The summed E-state index contributed by atoms with van der Waals surface area (Å²) >= 11 is 0. The molecule has 0 atom stereocenters. The topological polar surface area (TPSA) is 38.9 Å². The van der Waals surface area contributed by atoms with Crippen LogP contribution in [-0.4, -0.2) is 4.98 Å². The Hall–Kier alpha value is -1.83. The van der Waals surface area contributed by atoms with Gasteiger partial charge in [0.05, 0.1) is 5.69 Å². The molecule has 0 saturated carbocycles. The van der Waals surface area contributed by atoms with E-state index in [-0.39, 0.29) is 0 Å². The van der Waals surface area contributed by atoms with E-state index in [0.717, 1.165) is 16.8 Å². The molecule has 0 unspecified atom stereocenters. The van der Waals surface area contributed by atoms with Gasteiger partial charge in [-0.2, -0.15) is 0 Å². The van der Waals surface area contributed by atoms with Crippen LogP contribution in [0.15, 0.2) is 31.4 Å². The van der Waals surface area contributed by atoms with Gasteiger partial charge in [0.25, 0.3) is 0 Å². The van der Waals surface area contributed by atoms with Crippen molar-refractivity contribution in [2.45, 2.75) is 19.8 Å². The Bertz CT molecular complexity index is 429. The highest BCUT2D eigenvalue weighted by Gasteiger charge is 2.08. The Kier molecular flexibility index (Phi) is 4.06. The third-order valence-corrected chi connectivity index (χ3v) is 2.38. The van der Waals surface area contributed by atoms with Crippen molar-refractivity contribution in [1.82, 2.24) is 4.98 Å². The van der Waals surface area contributed by atoms with Gasteiger partial charge >= 0.3 is 0 Å². The van der Waals surface area contributed by atoms with Crippen molar-refractivity contribution < 1.29 is 0 Å². The summed E-state index contributed by atoms with van der Waals surface area (Å²) < 4.78 is 0. The normalized spacial score (nSPS) is 10.9. The second-order valence-electron chi connectivity index (χ2n) is 3.89. The molecule has 0 aliphatic carbocycles. The quantitative estimate of drug-likeness (QED) is 0.777. The molecule has 0 bridgehead atoms. The first-order chi connectivity index (χ1) is 7.60. The molecule has 2 nitrogen and oxygen atoms in total. The van der Waals surface area contributed by atoms with Crippen molar-refractivity contribution in [2.75, 3.05) is 5.73 Å². The zero-order chi connectivity index (χ0) is 12.1. The predicted octanol–water partition coefficient (Wildman–Crippen LogP) is 3.63. The van der Waals surface area contributed by atoms with Crippen LogP contribution in [0.4, 0.5) is 5.82 Å². The number of nitrogens with two attached hydrogens (primary N) is 1. The van der Waals surface area contributed by atoms with Gasteiger partial charge in [-0.25, -0.2) is 4.98 Å². The molecule has 2 N–H and O–H groups in total. The smallest absolute Gasteiger partial charge is 0.127 e. The summed E-state index contributed by atoms with van der Waals surface area (Å²) in [6.07, 6.45) is 7.22. The molecule has 1 rings (SSSR count). The third kappa shape index (κ3) is 2.60. The molecular weight excluding hydrogens is 196 g/mol. The highest BCUT2D eigenvalue weighted by Crippen LogP contribution is 2.24. The molecule has 0 radical (unpaired) electrons. The van der Waals surface area contributed by atoms with Crippen LogP contribution in [0.25, 0.3) is 12.2 Å². The summed E-state index contributed by atoms with van der Waals surface area (Å²) in [6.45, 7) is 11.6. The second kappa shape index (κ2) is 5.31. The van der Waals surface area contributed by atoms with E-state index in [9.17, 15) is 0 Å². The van der Waals surface area contributed by atoms with Crippen molar-refractivity contribution in [2.24, 2.45) is 0 Å². The number of allylic oxidation sites excluding steroid dienone is 2. The Balaban J connectivity index is 3.31. The Morgan fingerprint density at radius 2 is 2.06 bits per heavy atom. The first-order valence-corrected chi connectivity index (χ1v) is 5.32. The van der Waals surface area contributed by atoms with Crippen molar-refractivity contribution in [3.05, 3.63) is 48.2 Å². The molecule has 0 aliphatic rings. The van der Waals surface area contributed by atoms with E-state index in [2.05, 4.69) is 32.0 Å². The lowest BCUT2D eigenvalue weighted by Crippen LogP contribution is -2.02. The van der Waals surface area contributed by atoms with Gasteiger partial charge < -0.3 is 5.73 Å². The van der Waals surface area contributed by atoms with Crippen LogP contribution in [0.2, 0.25) is 0 Å². The zero-order valence-corrected chi connectivity index (χ0v) is 9.90. The molecule has 1 heterocycles. The largest absolute Gasteiger partial charge is 0.383 e. The lowest BCUT2D eigenvalue weighted by Gasteiger charge is -2.11. The Morgan fingerprint density at radius 3 is 2.56 bits per heavy atom. The van der Waals surface area contributed by atoms with Crippen molar-refractivity contribution in [3.8, 4) is 0 Å². The minimum absolute atomic E-state index is 0.364. The number of rotatable bonds is 4. The van der Waals surface area contributed by atoms with Gasteiger partial charge in [0.15, 0.2) is 0 Å². The molecule has 1 aromatic rings. The van der Waals surface area contributed by atoms with Crippen LogP contribution in [-0.2, 0) is 0 Å². The maximum Gasteiger partial charge on any atom is 0.127 e. The molecule has 84 valence electrons. The van der Waals surface area contributed by atoms with Crippen LogP contribution >= 0.6 is 0 Å². The number of anilines is 1. The van der Waals surface area contributed by atoms with E-state index >= 15 is 0 Å². The van der Waals surface area contributed by atoms with Crippen LogP contribution in [0.1, 0.15) is 36.6 Å². The van der Waals surface area contributed by atoms with E-state index in [1.165, 1.54) is 0 Å². The van der Waals surface area contributed by atoms with Gasteiger partial charge in [-0.15, -0.1) is 0 Å². The lowest BCUT2D eigenvalue weighted by atomic mass is 10.0. The summed E-state index contributed by atoms with van der Waals surface area (Å²) in [5.41, 5.74) is 8.80. The van der Waals surface area contributed by atoms with Gasteiger partial charge in [-0.3, -0.25) is 0 Å². The summed E-state index contributed by atoms with van der Waals surface area (Å²) in [5, 5.41) is 0. The molecule has 2 heteroatoms. The van der Waals surface area contributed by atoms with Crippen LogP contribution in [0.3, 0.4) is 0 Å². The number of nitrogens with zero attached hydrogens (tertiary/aromatic N) is 1. The summed E-state index contributed by atoms with van der Waals surface area (Å²) in [5.74, 6) is 0.952. The molecule has 0 spiro atoms. The number of nitrogen functional groups attached to an aromatic ring is 1. The number of pyridine rings is 1. The molecule has 0 aliphatic heterocycles. The first-order valence-electron chi connectivity index (χ1n) is 5.32.